The van der Waals surface area contributed by atoms with Gasteiger partial charge in [0.1, 0.15) is 0 Å². The first kappa shape index (κ1) is 16.4. The van der Waals surface area contributed by atoms with Crippen LogP contribution in [0, 0.1) is 22.7 Å². The Labute approximate surface area is 146 Å². The van der Waals surface area contributed by atoms with Gasteiger partial charge in [-0.15, -0.1) is 0 Å². The molecule has 0 aromatic heterocycles. The molecule has 0 amide bonds. The third-order valence-electron chi connectivity index (χ3n) is 7.82. The standard InChI is InChI=1S/C21H32N2O/c1-20-9-7-14(24)11-13(20)12-17(22-3)19-15-5-6-18(23-4)21(15,2)10-8-16(19)20/h7,9,12,14-16,18,22-24H,5-6,8,10-11H2,1-4H3/t14-,15-,16-,18-,20-,21-/m0/s1. The second-order valence-corrected chi connectivity index (χ2v) is 8.77. The molecule has 0 aromatic rings. The summed E-state index contributed by atoms with van der Waals surface area (Å²) in [5, 5.41) is 17.2. The topological polar surface area (TPSA) is 44.3 Å². The highest BCUT2D eigenvalue weighted by atomic mass is 16.3. The van der Waals surface area contributed by atoms with Crippen LogP contribution >= 0.6 is 0 Å². The van der Waals surface area contributed by atoms with Crippen molar-refractivity contribution in [1.82, 2.24) is 10.6 Å². The molecular formula is C21H32N2O. The minimum atomic E-state index is -0.321. The molecule has 6 atom stereocenters. The molecule has 2 fully saturated rings. The van der Waals surface area contributed by atoms with Gasteiger partial charge in [0.25, 0.3) is 0 Å². The molecule has 3 N–H and O–H groups in total. The zero-order valence-electron chi connectivity index (χ0n) is 15.5. The molecule has 0 heterocycles. The van der Waals surface area contributed by atoms with Crippen LogP contribution in [0.2, 0.25) is 0 Å². The van der Waals surface area contributed by atoms with E-state index in [0.29, 0.717) is 23.3 Å². The average Bonchev–Trinajstić information content (AvgIpc) is 2.91. The minimum absolute atomic E-state index is 0.0912. The fraction of sp³-hybridized carbons (Fsp3) is 0.714. The van der Waals surface area contributed by atoms with Crippen LogP contribution in [0.5, 0.6) is 0 Å². The van der Waals surface area contributed by atoms with Crippen molar-refractivity contribution in [1.29, 1.82) is 0 Å². The molecule has 3 heteroatoms. The third kappa shape index (κ3) is 2.04. The van der Waals surface area contributed by atoms with Crippen LogP contribution in [0.1, 0.15) is 46.0 Å². The van der Waals surface area contributed by atoms with Crippen molar-refractivity contribution in [3.8, 4) is 0 Å². The Morgan fingerprint density at radius 2 is 1.92 bits per heavy atom. The lowest BCUT2D eigenvalue weighted by atomic mass is 9.52. The number of hydrogen-bond donors (Lipinski definition) is 3. The number of likely N-dealkylation sites (N-methyl/N-ethyl adjacent to an activating group) is 1. The van der Waals surface area contributed by atoms with Crippen molar-refractivity contribution >= 4 is 0 Å². The van der Waals surface area contributed by atoms with Crippen LogP contribution in [0.25, 0.3) is 0 Å². The number of hydrogen-bond acceptors (Lipinski definition) is 3. The van der Waals surface area contributed by atoms with Gasteiger partial charge in [-0.1, -0.05) is 31.6 Å². The average molecular weight is 329 g/mol. The van der Waals surface area contributed by atoms with Crippen LogP contribution in [-0.2, 0) is 0 Å². The first-order valence-electron chi connectivity index (χ1n) is 9.61. The van der Waals surface area contributed by atoms with E-state index in [2.05, 4.69) is 50.7 Å². The number of allylic oxidation sites excluding steroid dienone is 3. The van der Waals surface area contributed by atoms with Gasteiger partial charge in [-0.25, -0.2) is 0 Å². The summed E-state index contributed by atoms with van der Waals surface area (Å²) in [4.78, 5) is 0. The van der Waals surface area contributed by atoms with Gasteiger partial charge in [-0.05, 0) is 68.1 Å². The van der Waals surface area contributed by atoms with E-state index < -0.39 is 0 Å². The molecular weight excluding hydrogens is 296 g/mol. The Kier molecular flexibility index (Phi) is 3.74. The molecule has 4 aliphatic carbocycles. The van der Waals surface area contributed by atoms with Crippen LogP contribution in [0.15, 0.2) is 35.1 Å². The lowest BCUT2D eigenvalue weighted by molar-refractivity contribution is 0.100. The fourth-order valence-electron chi connectivity index (χ4n) is 6.38. The van der Waals surface area contributed by atoms with Gasteiger partial charge in [0.15, 0.2) is 0 Å². The highest BCUT2D eigenvalue weighted by molar-refractivity contribution is 5.47. The molecule has 2 saturated carbocycles. The van der Waals surface area contributed by atoms with Gasteiger partial charge in [0.2, 0.25) is 0 Å². The van der Waals surface area contributed by atoms with E-state index in [1.165, 1.54) is 37.0 Å². The summed E-state index contributed by atoms with van der Waals surface area (Å²) in [5.41, 5.74) is 4.87. The maximum absolute atomic E-state index is 10.1. The molecule has 0 spiro atoms. The quantitative estimate of drug-likeness (QED) is 0.682. The molecule has 0 aliphatic heterocycles. The molecule has 0 unspecified atom stereocenters. The molecule has 24 heavy (non-hydrogen) atoms. The number of aliphatic hydroxyl groups is 1. The SMILES string of the molecule is CNC1=C2[C@@H]3CC[C@H](NC)[C@@]3(C)CC[C@@H]2[C@@]2(C)C=C[C@H](O)CC2=C1. The van der Waals surface area contributed by atoms with Gasteiger partial charge in [0, 0.05) is 24.2 Å². The van der Waals surface area contributed by atoms with Crippen molar-refractivity contribution in [3.63, 3.8) is 0 Å². The second-order valence-electron chi connectivity index (χ2n) is 8.77. The van der Waals surface area contributed by atoms with Gasteiger partial charge >= 0.3 is 0 Å². The smallest absolute Gasteiger partial charge is 0.0758 e. The Morgan fingerprint density at radius 3 is 2.62 bits per heavy atom. The lowest BCUT2D eigenvalue weighted by Gasteiger charge is -2.54. The Bertz CT molecular complexity index is 634. The first-order chi connectivity index (χ1) is 11.4. The summed E-state index contributed by atoms with van der Waals surface area (Å²) < 4.78 is 0. The highest BCUT2D eigenvalue weighted by Gasteiger charge is 2.56. The minimum Gasteiger partial charge on any atom is -0.389 e. The summed E-state index contributed by atoms with van der Waals surface area (Å²) in [5.74, 6) is 1.25. The van der Waals surface area contributed by atoms with Crippen molar-refractivity contribution in [2.24, 2.45) is 22.7 Å². The molecule has 3 nitrogen and oxygen atoms in total. The Balaban J connectivity index is 1.83. The van der Waals surface area contributed by atoms with Gasteiger partial charge in [-0.3, -0.25) is 0 Å². The number of rotatable bonds is 2. The first-order valence-corrected chi connectivity index (χ1v) is 9.61. The molecule has 0 saturated heterocycles. The van der Waals surface area contributed by atoms with E-state index in [-0.39, 0.29) is 11.5 Å². The van der Waals surface area contributed by atoms with Gasteiger partial charge in [-0.2, -0.15) is 0 Å². The van der Waals surface area contributed by atoms with Crippen LogP contribution in [0.4, 0.5) is 0 Å². The molecule has 0 aromatic carbocycles. The largest absolute Gasteiger partial charge is 0.389 e. The van der Waals surface area contributed by atoms with E-state index in [0.717, 1.165) is 6.42 Å². The van der Waals surface area contributed by atoms with Gasteiger partial charge < -0.3 is 15.7 Å². The fourth-order valence-corrected chi connectivity index (χ4v) is 6.38. The van der Waals surface area contributed by atoms with E-state index in [9.17, 15) is 5.11 Å². The van der Waals surface area contributed by atoms with Crippen molar-refractivity contribution in [3.05, 3.63) is 35.1 Å². The summed E-state index contributed by atoms with van der Waals surface area (Å²) in [6.07, 6.45) is 12.3. The maximum Gasteiger partial charge on any atom is 0.0758 e. The van der Waals surface area contributed by atoms with Crippen molar-refractivity contribution in [2.75, 3.05) is 14.1 Å². The lowest BCUT2D eigenvalue weighted by Crippen LogP contribution is -2.49. The Hall–Kier alpha value is -1.06. The van der Waals surface area contributed by atoms with Crippen molar-refractivity contribution in [2.45, 2.75) is 58.1 Å². The zero-order valence-corrected chi connectivity index (χ0v) is 15.5. The van der Waals surface area contributed by atoms with Crippen LogP contribution < -0.4 is 10.6 Å². The number of nitrogens with one attached hydrogen (secondary N) is 2. The van der Waals surface area contributed by atoms with Crippen molar-refractivity contribution < 1.29 is 5.11 Å². The monoisotopic (exact) mass is 328 g/mol. The molecule has 4 rings (SSSR count). The third-order valence-corrected chi connectivity index (χ3v) is 7.82. The second kappa shape index (κ2) is 5.47. The number of aliphatic hydroxyl groups excluding tert-OH is 1. The highest BCUT2D eigenvalue weighted by Crippen LogP contribution is 2.63. The summed E-state index contributed by atoms with van der Waals surface area (Å²) in [6.45, 7) is 4.90. The van der Waals surface area contributed by atoms with Crippen LogP contribution in [-0.4, -0.2) is 31.3 Å². The summed E-state index contributed by atoms with van der Waals surface area (Å²) >= 11 is 0. The zero-order chi connectivity index (χ0) is 17.1. The summed E-state index contributed by atoms with van der Waals surface area (Å²) in [7, 11) is 4.19. The van der Waals surface area contributed by atoms with E-state index >= 15 is 0 Å². The predicted molar refractivity (Wildman–Crippen MR) is 98.4 cm³/mol. The summed E-state index contributed by atoms with van der Waals surface area (Å²) in [6, 6.07) is 0.635. The van der Waals surface area contributed by atoms with Crippen LogP contribution in [0.3, 0.4) is 0 Å². The van der Waals surface area contributed by atoms with E-state index in [1.54, 1.807) is 5.57 Å². The number of fused-ring (bicyclic) bond motifs is 5. The molecule has 0 bridgehead atoms. The van der Waals surface area contributed by atoms with E-state index in [4.69, 9.17) is 0 Å². The van der Waals surface area contributed by atoms with E-state index in [1.807, 2.05) is 6.08 Å². The Morgan fingerprint density at radius 1 is 1.12 bits per heavy atom. The normalized spacial score (nSPS) is 47.0. The molecule has 0 radical (unpaired) electrons. The van der Waals surface area contributed by atoms with Gasteiger partial charge in [0.05, 0.1) is 6.10 Å². The predicted octanol–water partition coefficient (Wildman–Crippen LogP) is 3.14. The molecule has 4 aliphatic rings. The molecule has 132 valence electrons. The maximum atomic E-state index is 10.1.